The molecule has 0 aliphatic carbocycles. The van der Waals surface area contributed by atoms with Crippen molar-refractivity contribution in [2.45, 2.75) is 13.5 Å². The minimum absolute atomic E-state index is 0.272. The molecule has 1 aromatic heterocycles. The number of esters is 1. The molecule has 0 atom stereocenters. The first kappa shape index (κ1) is 9.45. The Morgan fingerprint density at radius 2 is 2.15 bits per heavy atom. The maximum absolute atomic E-state index is 11.0. The third kappa shape index (κ3) is 3.07. The van der Waals surface area contributed by atoms with Crippen molar-refractivity contribution in [2.75, 3.05) is 0 Å². The number of hydrogen-bond donors (Lipinski definition) is 0. The Bertz CT molecular complexity index is 306. The van der Waals surface area contributed by atoms with Gasteiger partial charge in [0.25, 0.3) is 0 Å². The SMILES string of the molecule is C=C(C)C(=O)OCc1ccncc1. The second-order valence-electron chi connectivity index (χ2n) is 2.71. The first-order valence-electron chi connectivity index (χ1n) is 3.91. The summed E-state index contributed by atoms with van der Waals surface area (Å²) in [5.74, 6) is -0.364. The van der Waals surface area contributed by atoms with Gasteiger partial charge in [0, 0.05) is 18.0 Å². The fourth-order valence-corrected chi connectivity index (χ4v) is 0.751. The third-order valence-corrected chi connectivity index (χ3v) is 1.47. The van der Waals surface area contributed by atoms with E-state index in [-0.39, 0.29) is 12.6 Å². The standard InChI is InChI=1S/C10H11NO2/c1-8(2)10(12)13-7-9-3-5-11-6-4-9/h3-6H,1,7H2,2H3. The van der Waals surface area contributed by atoms with E-state index in [1.807, 2.05) is 0 Å². The Hall–Kier alpha value is -1.64. The van der Waals surface area contributed by atoms with Gasteiger partial charge in [-0.3, -0.25) is 4.98 Å². The number of ether oxygens (including phenoxy) is 1. The van der Waals surface area contributed by atoms with Gasteiger partial charge in [0.15, 0.2) is 0 Å². The first-order chi connectivity index (χ1) is 6.20. The van der Waals surface area contributed by atoms with Crippen LogP contribution in [0.15, 0.2) is 36.7 Å². The summed E-state index contributed by atoms with van der Waals surface area (Å²) in [5.41, 5.74) is 1.33. The zero-order valence-electron chi connectivity index (χ0n) is 7.49. The molecule has 0 saturated carbocycles. The number of rotatable bonds is 3. The summed E-state index contributed by atoms with van der Waals surface area (Å²) < 4.78 is 4.92. The largest absolute Gasteiger partial charge is 0.457 e. The van der Waals surface area contributed by atoms with Gasteiger partial charge in [0.2, 0.25) is 0 Å². The Kier molecular flexibility index (Phi) is 3.20. The molecule has 0 fully saturated rings. The van der Waals surface area contributed by atoms with E-state index in [1.54, 1.807) is 31.5 Å². The minimum atomic E-state index is -0.364. The van der Waals surface area contributed by atoms with Gasteiger partial charge < -0.3 is 4.74 Å². The summed E-state index contributed by atoms with van der Waals surface area (Å²) in [6, 6.07) is 3.59. The van der Waals surface area contributed by atoms with Gasteiger partial charge in [-0.15, -0.1) is 0 Å². The van der Waals surface area contributed by atoms with Crippen LogP contribution in [0.1, 0.15) is 12.5 Å². The average molecular weight is 177 g/mol. The number of carbonyl (C=O) groups is 1. The van der Waals surface area contributed by atoms with E-state index in [0.717, 1.165) is 5.56 Å². The molecule has 0 aliphatic rings. The molecule has 0 saturated heterocycles. The van der Waals surface area contributed by atoms with Crippen molar-refractivity contribution in [3.05, 3.63) is 42.2 Å². The van der Waals surface area contributed by atoms with Crippen molar-refractivity contribution in [3.8, 4) is 0 Å². The maximum atomic E-state index is 11.0. The van der Waals surface area contributed by atoms with E-state index in [9.17, 15) is 4.79 Å². The number of nitrogens with zero attached hydrogens (tertiary/aromatic N) is 1. The summed E-state index contributed by atoms with van der Waals surface area (Å²) in [7, 11) is 0. The lowest BCUT2D eigenvalue weighted by Gasteiger charge is -2.03. The quantitative estimate of drug-likeness (QED) is 0.521. The van der Waals surface area contributed by atoms with Crippen molar-refractivity contribution < 1.29 is 9.53 Å². The van der Waals surface area contributed by atoms with E-state index in [2.05, 4.69) is 11.6 Å². The van der Waals surface area contributed by atoms with Crippen LogP contribution in [0.3, 0.4) is 0 Å². The van der Waals surface area contributed by atoms with Gasteiger partial charge in [-0.1, -0.05) is 6.58 Å². The van der Waals surface area contributed by atoms with Crippen molar-refractivity contribution in [1.82, 2.24) is 4.98 Å². The van der Waals surface area contributed by atoms with Gasteiger partial charge in [-0.05, 0) is 24.6 Å². The molecular weight excluding hydrogens is 166 g/mol. The van der Waals surface area contributed by atoms with Crippen LogP contribution in [0.25, 0.3) is 0 Å². The van der Waals surface area contributed by atoms with Crippen LogP contribution in [0, 0.1) is 0 Å². The summed E-state index contributed by atoms with van der Waals surface area (Å²) in [4.78, 5) is 14.8. The highest BCUT2D eigenvalue weighted by Gasteiger charge is 2.02. The highest BCUT2D eigenvalue weighted by atomic mass is 16.5. The highest BCUT2D eigenvalue weighted by molar-refractivity contribution is 5.86. The number of carbonyl (C=O) groups excluding carboxylic acids is 1. The van der Waals surface area contributed by atoms with E-state index in [0.29, 0.717) is 5.57 Å². The van der Waals surface area contributed by atoms with Crippen LogP contribution < -0.4 is 0 Å². The number of hydrogen-bond acceptors (Lipinski definition) is 3. The second kappa shape index (κ2) is 4.40. The summed E-state index contributed by atoms with van der Waals surface area (Å²) >= 11 is 0. The molecule has 0 amide bonds. The lowest BCUT2D eigenvalue weighted by molar-refractivity contribution is -0.140. The van der Waals surface area contributed by atoms with Crippen molar-refractivity contribution in [3.63, 3.8) is 0 Å². The Labute approximate surface area is 77.1 Å². The molecule has 0 spiro atoms. The third-order valence-electron chi connectivity index (χ3n) is 1.47. The monoisotopic (exact) mass is 177 g/mol. The van der Waals surface area contributed by atoms with E-state index < -0.39 is 0 Å². The zero-order valence-corrected chi connectivity index (χ0v) is 7.49. The number of pyridine rings is 1. The Morgan fingerprint density at radius 3 is 2.69 bits per heavy atom. The fraction of sp³-hybridized carbons (Fsp3) is 0.200. The van der Waals surface area contributed by atoms with Crippen LogP contribution in [0.4, 0.5) is 0 Å². The fourth-order valence-electron chi connectivity index (χ4n) is 0.751. The molecule has 0 aliphatic heterocycles. The predicted molar refractivity (Wildman–Crippen MR) is 48.8 cm³/mol. The van der Waals surface area contributed by atoms with Gasteiger partial charge in [-0.2, -0.15) is 0 Å². The maximum Gasteiger partial charge on any atom is 0.333 e. The molecule has 3 nitrogen and oxygen atoms in total. The van der Waals surface area contributed by atoms with Crippen LogP contribution in [0.5, 0.6) is 0 Å². The summed E-state index contributed by atoms with van der Waals surface area (Å²) in [6.45, 7) is 5.37. The Balaban J connectivity index is 2.44. The molecular formula is C10H11NO2. The molecule has 1 rings (SSSR count). The van der Waals surface area contributed by atoms with Crippen molar-refractivity contribution >= 4 is 5.97 Å². The molecule has 3 heteroatoms. The first-order valence-corrected chi connectivity index (χ1v) is 3.91. The van der Waals surface area contributed by atoms with Gasteiger partial charge in [0.05, 0.1) is 0 Å². The van der Waals surface area contributed by atoms with Crippen LogP contribution in [-0.2, 0) is 16.1 Å². The molecule has 0 unspecified atom stereocenters. The minimum Gasteiger partial charge on any atom is -0.457 e. The summed E-state index contributed by atoms with van der Waals surface area (Å²) in [5, 5.41) is 0. The van der Waals surface area contributed by atoms with Crippen LogP contribution in [-0.4, -0.2) is 11.0 Å². The molecule has 13 heavy (non-hydrogen) atoms. The van der Waals surface area contributed by atoms with Gasteiger partial charge >= 0.3 is 5.97 Å². The molecule has 68 valence electrons. The van der Waals surface area contributed by atoms with Crippen LogP contribution >= 0.6 is 0 Å². The summed E-state index contributed by atoms with van der Waals surface area (Å²) in [6.07, 6.45) is 3.31. The zero-order chi connectivity index (χ0) is 9.68. The molecule has 1 heterocycles. The van der Waals surface area contributed by atoms with Crippen molar-refractivity contribution in [2.24, 2.45) is 0 Å². The predicted octanol–water partition coefficient (Wildman–Crippen LogP) is 1.70. The van der Waals surface area contributed by atoms with Gasteiger partial charge in [-0.25, -0.2) is 4.79 Å². The molecule has 0 radical (unpaired) electrons. The van der Waals surface area contributed by atoms with E-state index in [1.165, 1.54) is 0 Å². The normalized spacial score (nSPS) is 9.31. The molecule has 0 N–H and O–H groups in total. The van der Waals surface area contributed by atoms with E-state index in [4.69, 9.17) is 4.74 Å². The Morgan fingerprint density at radius 1 is 1.54 bits per heavy atom. The molecule has 0 aromatic carbocycles. The molecule has 1 aromatic rings. The van der Waals surface area contributed by atoms with Gasteiger partial charge in [0.1, 0.15) is 6.61 Å². The second-order valence-corrected chi connectivity index (χ2v) is 2.71. The van der Waals surface area contributed by atoms with Crippen molar-refractivity contribution in [1.29, 1.82) is 0 Å². The highest BCUT2D eigenvalue weighted by Crippen LogP contribution is 2.01. The van der Waals surface area contributed by atoms with Crippen LogP contribution in [0.2, 0.25) is 0 Å². The topological polar surface area (TPSA) is 39.2 Å². The lowest BCUT2D eigenvalue weighted by atomic mass is 10.3. The number of aromatic nitrogens is 1. The smallest absolute Gasteiger partial charge is 0.333 e. The lowest BCUT2D eigenvalue weighted by Crippen LogP contribution is -2.04. The van der Waals surface area contributed by atoms with E-state index >= 15 is 0 Å². The molecule has 0 bridgehead atoms. The average Bonchev–Trinajstić information content (AvgIpc) is 2.15.